The number of fused-ring (bicyclic) bond motifs is 1. The van der Waals surface area contributed by atoms with Crippen LogP contribution in [0.5, 0.6) is 17.2 Å². The number of rotatable bonds is 5. The molecule has 0 atom stereocenters. The molecule has 3 aromatic rings. The van der Waals surface area contributed by atoms with E-state index in [1.807, 2.05) is 51.1 Å². The van der Waals surface area contributed by atoms with Gasteiger partial charge in [-0.15, -0.1) is 0 Å². The number of ether oxygens (including phenoxy) is 2. The summed E-state index contributed by atoms with van der Waals surface area (Å²) in [6.45, 7) is 6.08. The van der Waals surface area contributed by atoms with E-state index in [1.165, 1.54) is 16.3 Å². The highest BCUT2D eigenvalue weighted by Crippen LogP contribution is 2.28. The molecule has 0 N–H and O–H groups in total. The van der Waals surface area contributed by atoms with Gasteiger partial charge in [-0.3, -0.25) is 0 Å². The van der Waals surface area contributed by atoms with Gasteiger partial charge in [-0.25, -0.2) is 0 Å². The molecule has 3 rings (SSSR count). The van der Waals surface area contributed by atoms with Crippen LogP contribution in [0.4, 0.5) is 0 Å². The average Bonchev–Trinajstić information content (AvgIpc) is 2.55. The molecule has 3 aromatic carbocycles. The maximum absolute atomic E-state index is 5.94. The van der Waals surface area contributed by atoms with Gasteiger partial charge in [0.2, 0.25) is 0 Å². The summed E-state index contributed by atoms with van der Waals surface area (Å²) >= 11 is 0. The molecule has 0 bridgehead atoms. The maximum Gasteiger partial charge on any atom is 0.128 e. The fourth-order valence-corrected chi connectivity index (χ4v) is 2.48. The molecule has 0 fully saturated rings. The van der Waals surface area contributed by atoms with Crippen molar-refractivity contribution >= 4 is 10.8 Å². The van der Waals surface area contributed by atoms with Gasteiger partial charge in [-0.05, 0) is 73.0 Å². The second-order valence-electron chi connectivity index (χ2n) is 5.80. The normalized spacial score (nSPS) is 11.0. The summed E-state index contributed by atoms with van der Waals surface area (Å²) in [5, 5.41) is 2.39. The maximum atomic E-state index is 5.94. The number of hydrogen-bond donors (Lipinski definition) is 0. The minimum absolute atomic E-state index is 0.174. The molecule has 2 nitrogen and oxygen atoms in total. The third-order valence-corrected chi connectivity index (χ3v) is 3.60. The van der Waals surface area contributed by atoms with Gasteiger partial charge < -0.3 is 9.47 Å². The first-order valence-electron chi connectivity index (χ1n) is 7.92. The predicted molar refractivity (Wildman–Crippen MR) is 95.3 cm³/mol. The summed E-state index contributed by atoms with van der Waals surface area (Å²) in [6, 6.07) is 20.3. The molecular formula is C21H21O2. The number of benzene rings is 3. The van der Waals surface area contributed by atoms with E-state index in [0.29, 0.717) is 0 Å². The topological polar surface area (TPSA) is 18.5 Å². The summed E-state index contributed by atoms with van der Waals surface area (Å²) in [5.41, 5.74) is 1.23. The Bertz CT molecular complexity index is 789. The Morgan fingerprint density at radius 1 is 0.739 bits per heavy atom. The van der Waals surface area contributed by atoms with Crippen LogP contribution in [0.15, 0.2) is 60.7 Å². The van der Waals surface area contributed by atoms with Gasteiger partial charge in [0.25, 0.3) is 0 Å². The minimum Gasteiger partial charge on any atom is -0.491 e. The molecule has 117 valence electrons. The fourth-order valence-electron chi connectivity index (χ4n) is 2.48. The van der Waals surface area contributed by atoms with E-state index < -0.39 is 0 Å². The smallest absolute Gasteiger partial charge is 0.128 e. The van der Waals surface area contributed by atoms with Crippen LogP contribution in [0, 0.1) is 6.42 Å². The summed E-state index contributed by atoms with van der Waals surface area (Å²) in [6.07, 6.45) is 2.28. The molecular weight excluding hydrogens is 284 g/mol. The van der Waals surface area contributed by atoms with Gasteiger partial charge in [0.15, 0.2) is 0 Å². The molecule has 0 saturated heterocycles. The highest BCUT2D eigenvalue weighted by Gasteiger charge is 2.02. The molecule has 0 aliphatic carbocycles. The first-order valence-corrected chi connectivity index (χ1v) is 7.92. The lowest BCUT2D eigenvalue weighted by atomic mass is 10.1. The molecule has 0 aliphatic rings. The third-order valence-electron chi connectivity index (χ3n) is 3.60. The Kier molecular flexibility index (Phi) is 4.52. The van der Waals surface area contributed by atoms with Crippen molar-refractivity contribution in [2.24, 2.45) is 0 Å². The van der Waals surface area contributed by atoms with Crippen LogP contribution >= 0.6 is 0 Å². The zero-order valence-electron chi connectivity index (χ0n) is 13.7. The van der Waals surface area contributed by atoms with Crippen LogP contribution in [0.1, 0.15) is 26.3 Å². The molecule has 2 heteroatoms. The van der Waals surface area contributed by atoms with Crippen molar-refractivity contribution < 1.29 is 9.47 Å². The Morgan fingerprint density at radius 2 is 1.35 bits per heavy atom. The van der Waals surface area contributed by atoms with Crippen molar-refractivity contribution in [1.29, 1.82) is 0 Å². The van der Waals surface area contributed by atoms with Crippen LogP contribution in [0.25, 0.3) is 10.8 Å². The minimum atomic E-state index is 0.174. The van der Waals surface area contributed by atoms with Crippen LogP contribution < -0.4 is 9.47 Å². The Hall–Kier alpha value is -2.48. The van der Waals surface area contributed by atoms with Crippen molar-refractivity contribution in [3.63, 3.8) is 0 Å². The van der Waals surface area contributed by atoms with E-state index in [9.17, 15) is 0 Å². The molecule has 0 amide bonds. The standard InChI is InChI=1S/C21H21O2/c1-4-16-5-6-18-14-21(8-7-17(18)13-16)23-20-11-9-19(10-12-20)22-15(2)3/h4-15H,1-3H3. The quantitative estimate of drug-likeness (QED) is 0.576. The van der Waals surface area contributed by atoms with Crippen LogP contribution in [0.3, 0.4) is 0 Å². The molecule has 0 spiro atoms. The van der Waals surface area contributed by atoms with Crippen LogP contribution in [-0.4, -0.2) is 6.10 Å². The van der Waals surface area contributed by atoms with E-state index in [0.717, 1.165) is 17.2 Å². The van der Waals surface area contributed by atoms with Crippen LogP contribution in [-0.2, 0) is 0 Å². The lowest BCUT2D eigenvalue weighted by molar-refractivity contribution is 0.242. The number of hydrogen-bond acceptors (Lipinski definition) is 2. The SMILES string of the molecule is C[CH]c1ccc2cc(Oc3ccc(OC(C)C)cc3)ccc2c1. The van der Waals surface area contributed by atoms with E-state index in [4.69, 9.17) is 9.47 Å². The summed E-state index contributed by atoms with van der Waals surface area (Å²) in [4.78, 5) is 0. The van der Waals surface area contributed by atoms with E-state index >= 15 is 0 Å². The molecule has 0 heterocycles. The second-order valence-corrected chi connectivity index (χ2v) is 5.80. The lowest BCUT2D eigenvalue weighted by Gasteiger charge is -2.11. The van der Waals surface area contributed by atoms with Gasteiger partial charge in [0, 0.05) is 0 Å². The molecule has 0 aliphatic heterocycles. The molecule has 0 unspecified atom stereocenters. The monoisotopic (exact) mass is 305 g/mol. The van der Waals surface area contributed by atoms with Crippen molar-refractivity contribution in [1.82, 2.24) is 0 Å². The first kappa shape index (κ1) is 15.4. The summed E-state index contributed by atoms with van der Waals surface area (Å²) < 4.78 is 11.6. The predicted octanol–water partition coefficient (Wildman–Crippen LogP) is 5.99. The highest BCUT2D eigenvalue weighted by molar-refractivity contribution is 5.84. The van der Waals surface area contributed by atoms with Gasteiger partial charge >= 0.3 is 0 Å². The Morgan fingerprint density at radius 3 is 2.04 bits per heavy atom. The molecule has 0 saturated carbocycles. The van der Waals surface area contributed by atoms with Crippen molar-refractivity contribution in [3.05, 3.63) is 72.6 Å². The zero-order chi connectivity index (χ0) is 16.2. The zero-order valence-corrected chi connectivity index (χ0v) is 13.7. The summed E-state index contributed by atoms with van der Waals surface area (Å²) in [5.74, 6) is 2.50. The Labute approximate surface area is 137 Å². The van der Waals surface area contributed by atoms with Crippen molar-refractivity contribution in [2.75, 3.05) is 0 Å². The van der Waals surface area contributed by atoms with Crippen molar-refractivity contribution in [3.8, 4) is 17.2 Å². The fraction of sp³-hybridized carbons (Fsp3) is 0.190. The van der Waals surface area contributed by atoms with E-state index in [1.54, 1.807) is 0 Å². The molecule has 1 radical (unpaired) electrons. The van der Waals surface area contributed by atoms with E-state index in [-0.39, 0.29) is 6.10 Å². The van der Waals surface area contributed by atoms with Gasteiger partial charge in [0.05, 0.1) is 6.10 Å². The average molecular weight is 305 g/mol. The molecule has 23 heavy (non-hydrogen) atoms. The van der Waals surface area contributed by atoms with Gasteiger partial charge in [0.1, 0.15) is 17.2 Å². The van der Waals surface area contributed by atoms with Crippen molar-refractivity contribution in [2.45, 2.75) is 26.9 Å². The highest BCUT2D eigenvalue weighted by atomic mass is 16.5. The molecule has 0 aromatic heterocycles. The first-order chi connectivity index (χ1) is 11.1. The summed E-state index contributed by atoms with van der Waals surface area (Å²) in [7, 11) is 0. The second kappa shape index (κ2) is 6.74. The largest absolute Gasteiger partial charge is 0.491 e. The van der Waals surface area contributed by atoms with E-state index in [2.05, 4.69) is 36.8 Å². The van der Waals surface area contributed by atoms with Gasteiger partial charge in [-0.1, -0.05) is 31.2 Å². The third kappa shape index (κ3) is 3.84. The Balaban J connectivity index is 1.78. The lowest BCUT2D eigenvalue weighted by Crippen LogP contribution is -2.05. The van der Waals surface area contributed by atoms with Crippen LogP contribution in [0.2, 0.25) is 0 Å². The van der Waals surface area contributed by atoms with Gasteiger partial charge in [-0.2, -0.15) is 0 Å².